The van der Waals surface area contributed by atoms with Crippen molar-refractivity contribution in [2.45, 2.75) is 129 Å². The van der Waals surface area contributed by atoms with E-state index in [0.717, 1.165) is 183 Å². The number of nitrogens with zero attached hydrogens (tertiary/aromatic N) is 2. The van der Waals surface area contributed by atoms with Crippen molar-refractivity contribution in [3.63, 3.8) is 0 Å². The van der Waals surface area contributed by atoms with Crippen LogP contribution in [-0.4, -0.2) is 0 Å². The molecule has 0 spiro atoms. The van der Waals surface area contributed by atoms with Gasteiger partial charge in [-0.25, -0.2) is 8.78 Å². The first-order chi connectivity index (χ1) is 69.6. The highest BCUT2D eigenvalue weighted by Gasteiger charge is 2.50. The molecule has 0 N–H and O–H groups in total. The Labute approximate surface area is 836 Å². The van der Waals surface area contributed by atoms with Crippen LogP contribution in [0, 0.1) is 25.5 Å². The summed E-state index contributed by atoms with van der Waals surface area (Å²) in [7, 11) is 0. The molecule has 0 aromatic heterocycles. The highest BCUT2D eigenvalue weighted by Crippen LogP contribution is 2.62. The molecule has 0 saturated heterocycles. The van der Waals surface area contributed by atoms with E-state index in [2.05, 4.69) is 380 Å². The van der Waals surface area contributed by atoms with Gasteiger partial charge in [-0.2, -0.15) is 0 Å². The van der Waals surface area contributed by atoms with Gasteiger partial charge in [0.1, 0.15) is 34.6 Å². The summed E-state index contributed by atoms with van der Waals surface area (Å²) in [5.41, 5.74) is 42.2. The van der Waals surface area contributed by atoms with Crippen LogP contribution in [0.1, 0.15) is 164 Å². The minimum atomic E-state index is -0.755. The molecule has 21 rings (SSSR count). The number of aryl methyl sites for hydroxylation is 4. The van der Waals surface area contributed by atoms with Gasteiger partial charge >= 0.3 is 0 Å². The zero-order valence-corrected chi connectivity index (χ0v) is 81.8. The Balaban J connectivity index is 0.700. The Bertz CT molecular complexity index is 7800. The van der Waals surface area contributed by atoms with E-state index in [1.807, 2.05) is 84.9 Å². The standard InChI is InChI=1S/C136H116F2N2O2/c1-9-13-15-17-27-107-87-128(100-55-67-114(68-56-100)140(116-36-26-34-106(86-116)104-32-24-30-102(84-104)98-51-63-112(138)64-52-98)118-70-80-126-124-38-20-22-40-130(124)136(134(126)90-118,132-82-92(6)42-44-94(132)8)110-59-77-122(78-60-110)142-120-73-47-96(12-4)48-74-120)108(28-18-16-14-10-2)88-127(107)99-53-65-113(66-54-99)139(115-35-25-33-105(85-115)103-31-23-29-101(83-103)97-49-61-111(137)62-50-97)117-69-79-125-123-37-19-21-39-129(123)135(133(125)89-117,131-81-91(5)41-43-93(131)7)109-57-75-121(76-58-109)141-119-71-45-95(11-3)46-72-119/h11-12,19-26,29-41,43,45-90H,3-4,9-10,13-18,27-28,42,44H2,1-2,5-8H3. The number of fused-ring (bicyclic) bond motifs is 6. The Morgan fingerprint density at radius 1 is 0.289 bits per heavy atom. The molecule has 0 aliphatic heterocycles. The molecule has 0 heterocycles. The highest BCUT2D eigenvalue weighted by atomic mass is 19.1. The third-order valence-corrected chi connectivity index (χ3v) is 29.6. The quantitative estimate of drug-likeness (QED) is 0.0392. The number of anilines is 6. The van der Waals surface area contributed by atoms with E-state index in [-0.39, 0.29) is 11.6 Å². The summed E-state index contributed by atoms with van der Waals surface area (Å²) in [6.07, 6.45) is 19.0. The number of hydrogen-bond donors (Lipinski definition) is 0. The second-order valence-corrected chi connectivity index (χ2v) is 38.7. The van der Waals surface area contributed by atoms with Crippen LogP contribution in [0.5, 0.6) is 23.0 Å². The van der Waals surface area contributed by atoms with Gasteiger partial charge in [-0.15, -0.1) is 0 Å². The lowest BCUT2D eigenvalue weighted by molar-refractivity contribution is 0.482. The molecular weight excluding hydrogens is 1730 g/mol. The Hall–Kier alpha value is -16.0. The van der Waals surface area contributed by atoms with Crippen LogP contribution in [0.3, 0.4) is 0 Å². The van der Waals surface area contributed by atoms with Gasteiger partial charge in [-0.3, -0.25) is 0 Å². The first kappa shape index (κ1) is 92.3. The molecule has 4 nitrogen and oxygen atoms in total. The predicted molar refractivity (Wildman–Crippen MR) is 591 cm³/mol. The molecule has 2 atom stereocenters. The average molecular weight is 1850 g/mol. The molecule has 0 bridgehead atoms. The monoisotopic (exact) mass is 1850 g/mol. The maximum Gasteiger partial charge on any atom is 0.127 e. The molecule has 2 unspecified atom stereocenters. The number of unbranched alkanes of at least 4 members (excludes halogenated alkanes) is 6. The van der Waals surface area contributed by atoms with Gasteiger partial charge < -0.3 is 19.3 Å². The van der Waals surface area contributed by atoms with Gasteiger partial charge in [0.2, 0.25) is 0 Å². The zero-order valence-electron chi connectivity index (χ0n) is 81.8. The van der Waals surface area contributed by atoms with Gasteiger partial charge in [0.15, 0.2) is 0 Å². The summed E-state index contributed by atoms with van der Waals surface area (Å²) in [6, 6.07) is 146. The van der Waals surface area contributed by atoms with Gasteiger partial charge in [-0.05, 0) is 385 Å². The van der Waals surface area contributed by atoms with Crippen LogP contribution >= 0.6 is 0 Å². The number of rotatable bonds is 32. The summed E-state index contributed by atoms with van der Waals surface area (Å²) in [4.78, 5) is 4.93. The molecule has 18 aromatic carbocycles. The van der Waals surface area contributed by atoms with Crippen LogP contribution in [0.4, 0.5) is 42.9 Å². The molecule has 18 aromatic rings. The van der Waals surface area contributed by atoms with E-state index in [1.54, 1.807) is 0 Å². The van der Waals surface area contributed by atoms with E-state index >= 15 is 0 Å². The lowest BCUT2D eigenvalue weighted by Crippen LogP contribution is -2.31. The number of hydrogen-bond acceptors (Lipinski definition) is 4. The van der Waals surface area contributed by atoms with Crippen molar-refractivity contribution < 1.29 is 18.3 Å². The topological polar surface area (TPSA) is 24.9 Å². The average Bonchev–Trinajstić information content (AvgIpc) is 1.53. The fraction of sp³-hybridized carbons (Fsp3) is 0.147. The molecule has 696 valence electrons. The lowest BCUT2D eigenvalue weighted by Gasteiger charge is -2.38. The van der Waals surface area contributed by atoms with Crippen molar-refractivity contribution in [1.29, 1.82) is 0 Å². The number of halogens is 2. The van der Waals surface area contributed by atoms with Crippen molar-refractivity contribution in [3.8, 4) is 112 Å². The first-order valence-electron chi connectivity index (χ1n) is 50.5. The SMILES string of the molecule is C=Cc1ccc(Oc2ccc(C3(C4=C(C)CCC(C)=C4)c4ccccc4-c4ccc(N(c5ccc(-c6cc(CCCCCC)c(-c7ccc(N(c8cccc(-c9cccc(-c%10ccc(F)cc%10)c9)c8)c8ccc9c(c8)C(c8ccc(Oc%10ccc(C=C)cc%10)cc8)(c8cc(C)ccc8C)c8ccccc8-9)cc7)cc6CCCCCC)cc5)c5cccc(-c6cccc(-c7ccc(F)cc7)c6)c5)cc43)cc2)cc1. The first-order valence-corrected chi connectivity index (χ1v) is 50.5. The van der Waals surface area contributed by atoms with Gasteiger partial charge in [0, 0.05) is 34.1 Å². The lowest BCUT2D eigenvalue weighted by atomic mass is 9.64. The molecule has 0 radical (unpaired) electrons. The van der Waals surface area contributed by atoms with E-state index in [1.165, 1.54) is 154 Å². The predicted octanol–water partition coefficient (Wildman–Crippen LogP) is 38.4. The second kappa shape index (κ2) is 40.4. The summed E-state index contributed by atoms with van der Waals surface area (Å²) >= 11 is 0. The Morgan fingerprint density at radius 3 is 1.11 bits per heavy atom. The third-order valence-electron chi connectivity index (χ3n) is 29.6. The fourth-order valence-corrected chi connectivity index (χ4v) is 22.3. The number of benzene rings is 18. The van der Waals surface area contributed by atoms with Gasteiger partial charge in [0.05, 0.1) is 10.8 Å². The van der Waals surface area contributed by atoms with Crippen molar-refractivity contribution in [1.82, 2.24) is 0 Å². The molecule has 0 amide bonds. The molecule has 0 saturated carbocycles. The number of allylic oxidation sites excluding steroid dienone is 4. The molecule has 0 fully saturated rings. The van der Waals surface area contributed by atoms with Crippen LogP contribution in [0.15, 0.2) is 442 Å². The Morgan fingerprint density at radius 2 is 0.662 bits per heavy atom. The summed E-state index contributed by atoms with van der Waals surface area (Å²) < 4.78 is 42.3. The zero-order chi connectivity index (χ0) is 97.0. The van der Waals surface area contributed by atoms with Crippen LogP contribution in [0.2, 0.25) is 0 Å². The second-order valence-electron chi connectivity index (χ2n) is 38.7. The molecule has 142 heavy (non-hydrogen) atoms. The maximum atomic E-state index is 14.5. The minimum absolute atomic E-state index is 0.259. The third kappa shape index (κ3) is 18.1. The van der Waals surface area contributed by atoms with Crippen LogP contribution in [-0.2, 0) is 23.7 Å². The molecule has 3 aliphatic carbocycles. The summed E-state index contributed by atoms with van der Waals surface area (Å²) in [5, 5.41) is 0. The van der Waals surface area contributed by atoms with E-state index in [0.29, 0.717) is 0 Å². The van der Waals surface area contributed by atoms with Gasteiger partial charge in [-0.1, -0.05) is 349 Å². The van der Waals surface area contributed by atoms with Gasteiger partial charge in [0.25, 0.3) is 0 Å². The fourth-order valence-electron chi connectivity index (χ4n) is 22.3. The highest BCUT2D eigenvalue weighted by molar-refractivity contribution is 5.95. The summed E-state index contributed by atoms with van der Waals surface area (Å²) in [6.45, 7) is 21.7. The maximum absolute atomic E-state index is 14.5. The van der Waals surface area contributed by atoms with E-state index in [4.69, 9.17) is 9.47 Å². The van der Waals surface area contributed by atoms with Crippen molar-refractivity contribution in [3.05, 3.63) is 526 Å². The Kier molecular flexibility index (Phi) is 26.3. The van der Waals surface area contributed by atoms with Crippen molar-refractivity contribution >= 4 is 46.3 Å². The molecule has 6 heteroatoms. The van der Waals surface area contributed by atoms with E-state index < -0.39 is 10.8 Å². The van der Waals surface area contributed by atoms with Crippen molar-refractivity contribution in [2.24, 2.45) is 0 Å². The smallest absolute Gasteiger partial charge is 0.127 e. The largest absolute Gasteiger partial charge is 0.457 e. The normalized spacial score (nSPS) is 14.4. The van der Waals surface area contributed by atoms with Crippen LogP contribution < -0.4 is 19.3 Å². The minimum Gasteiger partial charge on any atom is -0.457 e. The van der Waals surface area contributed by atoms with Crippen LogP contribution in [0.25, 0.3) is 101 Å². The number of ether oxygens (including phenoxy) is 2. The van der Waals surface area contributed by atoms with E-state index in [9.17, 15) is 8.78 Å². The van der Waals surface area contributed by atoms with Crippen molar-refractivity contribution in [2.75, 3.05) is 9.80 Å². The molecule has 3 aliphatic rings. The molecular formula is C136H116F2N2O2. The summed E-state index contributed by atoms with van der Waals surface area (Å²) in [5.74, 6) is 2.52.